The normalized spacial score (nSPS) is 16.5. The Labute approximate surface area is 140 Å². The number of benzene rings is 1. The lowest BCUT2D eigenvalue weighted by atomic mass is 10.1. The van der Waals surface area contributed by atoms with Crippen LogP contribution in [0.4, 0.5) is 5.69 Å². The standard InChI is InChI=1S/C18H28N2O2Si/c1-18(2,3)23(6,7)22-12-13-8-9-14-15(11-20(4)5)17(21)19-16(14)10-13/h8-11H,12H2,1-7H3,(H,19,21). The van der Waals surface area contributed by atoms with Gasteiger partial charge < -0.3 is 14.6 Å². The third-order valence-corrected chi connectivity index (χ3v) is 9.14. The molecule has 1 aromatic rings. The Bertz CT molecular complexity index is 643. The van der Waals surface area contributed by atoms with E-state index in [1.54, 1.807) is 0 Å². The number of hydrogen-bond donors (Lipinski definition) is 1. The molecule has 0 radical (unpaired) electrons. The van der Waals surface area contributed by atoms with Crippen LogP contribution in [0.15, 0.2) is 24.4 Å². The molecule has 0 saturated carbocycles. The molecule has 1 N–H and O–H groups in total. The Hall–Kier alpha value is -1.59. The van der Waals surface area contributed by atoms with Gasteiger partial charge in [-0.25, -0.2) is 0 Å². The number of nitrogens with zero attached hydrogens (tertiary/aromatic N) is 1. The molecule has 1 aromatic carbocycles. The SMILES string of the molecule is CN(C)C=C1C(=O)Nc2cc(CO[Si](C)(C)C(C)(C)C)ccc21. The van der Waals surface area contributed by atoms with Gasteiger partial charge in [-0.05, 0) is 29.8 Å². The molecular weight excluding hydrogens is 304 g/mol. The summed E-state index contributed by atoms with van der Waals surface area (Å²) in [6.45, 7) is 11.8. The summed E-state index contributed by atoms with van der Waals surface area (Å²) in [5, 5.41) is 3.14. The zero-order valence-electron chi connectivity index (χ0n) is 15.3. The molecule has 126 valence electrons. The molecule has 1 heterocycles. The van der Waals surface area contributed by atoms with Gasteiger partial charge in [0.25, 0.3) is 5.91 Å². The topological polar surface area (TPSA) is 41.6 Å². The predicted octanol–water partition coefficient (Wildman–Crippen LogP) is 4.06. The summed E-state index contributed by atoms with van der Waals surface area (Å²) in [4.78, 5) is 14.0. The molecule has 5 heteroatoms. The number of fused-ring (bicyclic) bond motifs is 1. The van der Waals surface area contributed by atoms with Crippen LogP contribution >= 0.6 is 0 Å². The van der Waals surface area contributed by atoms with Crippen LogP contribution in [0.2, 0.25) is 18.1 Å². The molecule has 0 aromatic heterocycles. The van der Waals surface area contributed by atoms with Crippen molar-refractivity contribution in [2.24, 2.45) is 0 Å². The lowest BCUT2D eigenvalue weighted by molar-refractivity contribution is -0.110. The minimum absolute atomic E-state index is 0.0452. The monoisotopic (exact) mass is 332 g/mol. The van der Waals surface area contributed by atoms with Crippen LogP contribution in [0.3, 0.4) is 0 Å². The van der Waals surface area contributed by atoms with Gasteiger partial charge in [-0.1, -0.05) is 32.9 Å². The highest BCUT2D eigenvalue weighted by molar-refractivity contribution is 6.74. The molecule has 0 unspecified atom stereocenters. The third kappa shape index (κ3) is 3.84. The summed E-state index contributed by atoms with van der Waals surface area (Å²) in [6.07, 6.45) is 1.85. The second-order valence-electron chi connectivity index (χ2n) is 7.89. The first kappa shape index (κ1) is 17.8. The van der Waals surface area contributed by atoms with E-state index >= 15 is 0 Å². The molecule has 0 saturated heterocycles. The molecule has 1 aliphatic rings. The molecule has 0 atom stereocenters. The van der Waals surface area contributed by atoms with Crippen molar-refractivity contribution >= 4 is 25.5 Å². The molecule has 1 aliphatic heterocycles. The number of hydrogen-bond acceptors (Lipinski definition) is 3. The van der Waals surface area contributed by atoms with Gasteiger partial charge in [-0.15, -0.1) is 0 Å². The Kier molecular flexibility index (Phi) is 4.73. The Morgan fingerprint density at radius 2 is 1.91 bits per heavy atom. The second kappa shape index (κ2) is 6.13. The van der Waals surface area contributed by atoms with E-state index in [-0.39, 0.29) is 10.9 Å². The fourth-order valence-corrected chi connectivity index (χ4v) is 3.16. The fourth-order valence-electron chi connectivity index (χ4n) is 2.20. The van der Waals surface area contributed by atoms with Gasteiger partial charge in [0, 0.05) is 31.5 Å². The highest BCUT2D eigenvalue weighted by Gasteiger charge is 2.37. The summed E-state index contributed by atoms with van der Waals surface area (Å²) in [6, 6.07) is 6.08. The van der Waals surface area contributed by atoms with E-state index in [1.807, 2.05) is 37.3 Å². The van der Waals surface area contributed by atoms with Crippen molar-refractivity contribution in [2.45, 2.75) is 45.5 Å². The number of nitrogens with one attached hydrogen (secondary N) is 1. The minimum atomic E-state index is -1.77. The summed E-state index contributed by atoms with van der Waals surface area (Å²) >= 11 is 0. The Morgan fingerprint density at radius 3 is 2.48 bits per heavy atom. The van der Waals surface area contributed by atoms with Crippen LogP contribution in [-0.4, -0.2) is 33.2 Å². The van der Waals surface area contributed by atoms with E-state index < -0.39 is 8.32 Å². The molecule has 0 fully saturated rings. The number of carbonyl (C=O) groups excluding carboxylic acids is 1. The van der Waals surface area contributed by atoms with E-state index in [4.69, 9.17) is 4.43 Å². The van der Waals surface area contributed by atoms with Crippen molar-refractivity contribution in [3.63, 3.8) is 0 Å². The summed E-state index contributed by atoms with van der Waals surface area (Å²) < 4.78 is 6.26. The highest BCUT2D eigenvalue weighted by Crippen LogP contribution is 2.38. The first-order valence-electron chi connectivity index (χ1n) is 7.98. The van der Waals surface area contributed by atoms with Gasteiger partial charge in [-0.3, -0.25) is 4.79 Å². The van der Waals surface area contributed by atoms with Gasteiger partial charge >= 0.3 is 0 Å². The van der Waals surface area contributed by atoms with Crippen molar-refractivity contribution < 1.29 is 9.22 Å². The van der Waals surface area contributed by atoms with E-state index in [2.05, 4.69) is 45.2 Å². The molecule has 1 amide bonds. The molecular formula is C18H28N2O2Si. The fraction of sp³-hybridized carbons (Fsp3) is 0.500. The zero-order valence-corrected chi connectivity index (χ0v) is 16.3. The molecule has 0 aliphatic carbocycles. The first-order chi connectivity index (χ1) is 10.5. The van der Waals surface area contributed by atoms with Gasteiger partial charge in [0.1, 0.15) is 0 Å². The summed E-state index contributed by atoms with van der Waals surface area (Å²) in [7, 11) is 2.07. The van der Waals surface area contributed by atoms with Crippen LogP contribution in [-0.2, 0) is 15.8 Å². The largest absolute Gasteiger partial charge is 0.413 e. The van der Waals surface area contributed by atoms with Gasteiger partial charge in [0.2, 0.25) is 0 Å². The van der Waals surface area contributed by atoms with E-state index in [1.165, 1.54) is 0 Å². The van der Waals surface area contributed by atoms with Crippen molar-refractivity contribution in [3.8, 4) is 0 Å². The van der Waals surface area contributed by atoms with E-state index in [9.17, 15) is 4.79 Å². The lowest BCUT2D eigenvalue weighted by Gasteiger charge is -2.36. The van der Waals surface area contributed by atoms with Crippen LogP contribution in [0.1, 0.15) is 31.9 Å². The van der Waals surface area contributed by atoms with Crippen LogP contribution in [0.25, 0.3) is 5.57 Å². The maximum Gasteiger partial charge on any atom is 0.257 e. The third-order valence-electron chi connectivity index (χ3n) is 4.66. The van der Waals surface area contributed by atoms with Crippen molar-refractivity contribution in [1.29, 1.82) is 0 Å². The lowest BCUT2D eigenvalue weighted by Crippen LogP contribution is -2.40. The number of carbonyl (C=O) groups is 1. The highest BCUT2D eigenvalue weighted by atomic mass is 28.4. The molecule has 4 nitrogen and oxygen atoms in total. The average Bonchev–Trinajstić information content (AvgIpc) is 2.70. The average molecular weight is 333 g/mol. The predicted molar refractivity (Wildman–Crippen MR) is 98.7 cm³/mol. The molecule has 0 bridgehead atoms. The Balaban J connectivity index is 2.18. The summed E-state index contributed by atoms with van der Waals surface area (Å²) in [5.74, 6) is -0.0452. The van der Waals surface area contributed by atoms with Crippen molar-refractivity contribution in [3.05, 3.63) is 35.5 Å². The van der Waals surface area contributed by atoms with E-state index in [0.717, 1.165) is 16.8 Å². The summed E-state index contributed by atoms with van der Waals surface area (Å²) in [5.41, 5.74) is 3.64. The number of rotatable bonds is 4. The second-order valence-corrected chi connectivity index (χ2v) is 12.7. The molecule has 23 heavy (non-hydrogen) atoms. The maximum atomic E-state index is 12.1. The molecule has 2 rings (SSSR count). The van der Waals surface area contributed by atoms with Crippen molar-refractivity contribution in [1.82, 2.24) is 4.90 Å². The van der Waals surface area contributed by atoms with Crippen LogP contribution < -0.4 is 5.32 Å². The quantitative estimate of drug-likeness (QED) is 0.668. The smallest absolute Gasteiger partial charge is 0.257 e. The minimum Gasteiger partial charge on any atom is -0.413 e. The number of anilines is 1. The number of amides is 1. The van der Waals surface area contributed by atoms with Gasteiger partial charge in [0.15, 0.2) is 8.32 Å². The van der Waals surface area contributed by atoms with Gasteiger partial charge in [0.05, 0.1) is 12.2 Å². The van der Waals surface area contributed by atoms with E-state index in [0.29, 0.717) is 12.2 Å². The first-order valence-corrected chi connectivity index (χ1v) is 10.9. The maximum absolute atomic E-state index is 12.1. The van der Waals surface area contributed by atoms with Crippen molar-refractivity contribution in [2.75, 3.05) is 19.4 Å². The van der Waals surface area contributed by atoms with Gasteiger partial charge in [-0.2, -0.15) is 0 Å². The van der Waals surface area contributed by atoms with Crippen LogP contribution in [0.5, 0.6) is 0 Å². The molecule has 0 spiro atoms. The zero-order chi connectivity index (χ0) is 17.4. The Morgan fingerprint density at radius 1 is 1.26 bits per heavy atom. The van der Waals surface area contributed by atoms with Crippen LogP contribution in [0, 0.1) is 0 Å².